The number of rotatable bonds is 4. The van der Waals surface area contributed by atoms with Crippen LogP contribution in [-0.2, 0) is 0 Å². The number of aromatic nitrogens is 1. The summed E-state index contributed by atoms with van der Waals surface area (Å²) < 4.78 is 0. The fourth-order valence-electron chi connectivity index (χ4n) is 1.14. The van der Waals surface area contributed by atoms with E-state index in [2.05, 4.69) is 45.0 Å². The Bertz CT molecular complexity index is 260. The van der Waals surface area contributed by atoms with E-state index >= 15 is 0 Å². The molecule has 13 heavy (non-hydrogen) atoms. The van der Waals surface area contributed by atoms with Crippen molar-refractivity contribution in [3.8, 4) is 0 Å². The Morgan fingerprint density at radius 1 is 1.62 bits per heavy atom. The van der Waals surface area contributed by atoms with Crippen LogP contribution in [0.15, 0.2) is 5.38 Å². The average molecular weight is 263 g/mol. The first-order valence-electron chi connectivity index (χ1n) is 4.40. The van der Waals surface area contributed by atoms with E-state index in [4.69, 9.17) is 0 Å². The third-order valence-electron chi connectivity index (χ3n) is 1.80. The third-order valence-corrected chi connectivity index (χ3v) is 3.15. The highest BCUT2D eigenvalue weighted by molar-refractivity contribution is 9.09. The molecule has 0 aromatic carbocycles. The number of alkyl halides is 1. The highest BCUT2D eigenvalue weighted by Gasteiger charge is 2.12. The predicted molar refractivity (Wildman–Crippen MR) is 63.1 cm³/mol. The molecule has 1 heterocycles. The van der Waals surface area contributed by atoms with Gasteiger partial charge in [-0.2, -0.15) is 0 Å². The van der Waals surface area contributed by atoms with Gasteiger partial charge in [-0.1, -0.05) is 15.9 Å². The van der Waals surface area contributed by atoms with E-state index in [1.54, 1.807) is 11.3 Å². The fraction of sp³-hybridized carbons (Fsp3) is 0.667. The lowest BCUT2D eigenvalue weighted by Gasteiger charge is -2.24. The molecular weight excluding hydrogens is 248 g/mol. The molecule has 2 nitrogen and oxygen atoms in total. The summed E-state index contributed by atoms with van der Waals surface area (Å²) in [6, 6.07) is 0.517. The first-order valence-corrected chi connectivity index (χ1v) is 6.40. The molecule has 4 heteroatoms. The summed E-state index contributed by atoms with van der Waals surface area (Å²) in [5, 5.41) is 4.22. The monoisotopic (exact) mass is 262 g/mol. The molecule has 0 radical (unpaired) electrons. The summed E-state index contributed by atoms with van der Waals surface area (Å²) >= 11 is 5.18. The van der Waals surface area contributed by atoms with Crippen LogP contribution in [0.3, 0.4) is 0 Å². The lowest BCUT2D eigenvalue weighted by atomic mass is 10.3. The molecule has 0 spiro atoms. The van der Waals surface area contributed by atoms with Crippen LogP contribution >= 0.6 is 27.3 Å². The van der Waals surface area contributed by atoms with Gasteiger partial charge in [0.25, 0.3) is 0 Å². The highest BCUT2D eigenvalue weighted by Crippen LogP contribution is 2.21. The third kappa shape index (κ3) is 2.95. The van der Waals surface area contributed by atoms with Gasteiger partial charge < -0.3 is 4.90 Å². The van der Waals surface area contributed by atoms with Gasteiger partial charge in [-0.3, -0.25) is 0 Å². The standard InChI is InChI=1S/C9H15BrN2S/c1-7(2)12(5-4-10)9-11-8(3)6-13-9/h6-7H,4-5H2,1-3H3. The van der Waals surface area contributed by atoms with E-state index in [-0.39, 0.29) is 0 Å². The average Bonchev–Trinajstić information content (AvgIpc) is 2.46. The number of hydrogen-bond acceptors (Lipinski definition) is 3. The molecule has 1 rings (SSSR count). The molecule has 0 aliphatic carbocycles. The Kier molecular flexibility index (Phi) is 4.19. The van der Waals surface area contributed by atoms with E-state index in [1.807, 2.05) is 6.92 Å². The molecule has 0 bridgehead atoms. The summed E-state index contributed by atoms with van der Waals surface area (Å²) in [7, 11) is 0. The molecule has 1 aromatic heterocycles. The fourth-order valence-corrected chi connectivity index (χ4v) is 2.48. The van der Waals surface area contributed by atoms with Gasteiger partial charge >= 0.3 is 0 Å². The zero-order valence-electron chi connectivity index (χ0n) is 8.25. The molecule has 0 saturated carbocycles. The van der Waals surface area contributed by atoms with E-state index in [1.165, 1.54) is 0 Å². The topological polar surface area (TPSA) is 16.1 Å². The summed E-state index contributed by atoms with van der Waals surface area (Å²) in [5.41, 5.74) is 1.11. The number of aryl methyl sites for hydroxylation is 1. The quantitative estimate of drug-likeness (QED) is 0.776. The zero-order valence-corrected chi connectivity index (χ0v) is 10.7. The van der Waals surface area contributed by atoms with Crippen LogP contribution in [0.5, 0.6) is 0 Å². The largest absolute Gasteiger partial charge is 0.345 e. The van der Waals surface area contributed by atoms with Crippen LogP contribution in [0, 0.1) is 6.92 Å². The molecule has 0 saturated heterocycles. The van der Waals surface area contributed by atoms with Crippen LogP contribution in [0.1, 0.15) is 19.5 Å². The molecule has 1 aromatic rings. The van der Waals surface area contributed by atoms with Crippen molar-refractivity contribution < 1.29 is 0 Å². The predicted octanol–water partition coefficient (Wildman–Crippen LogP) is 3.06. The van der Waals surface area contributed by atoms with Gasteiger partial charge in [-0.05, 0) is 20.8 Å². The molecule has 0 unspecified atom stereocenters. The number of thiazole rings is 1. The van der Waals surface area contributed by atoms with Crippen LogP contribution in [0.4, 0.5) is 5.13 Å². The number of nitrogens with zero attached hydrogens (tertiary/aromatic N) is 2. The molecule has 0 aliphatic rings. The number of halogens is 1. The normalized spacial score (nSPS) is 10.8. The Balaban J connectivity index is 2.75. The minimum Gasteiger partial charge on any atom is -0.345 e. The van der Waals surface area contributed by atoms with Crippen LogP contribution in [0.25, 0.3) is 0 Å². The molecule has 0 fully saturated rings. The number of hydrogen-bond donors (Lipinski definition) is 0. The lowest BCUT2D eigenvalue weighted by Crippen LogP contribution is -2.32. The Morgan fingerprint density at radius 3 is 2.69 bits per heavy atom. The Morgan fingerprint density at radius 2 is 2.31 bits per heavy atom. The van der Waals surface area contributed by atoms with Crippen molar-refractivity contribution in [2.24, 2.45) is 0 Å². The maximum Gasteiger partial charge on any atom is 0.185 e. The van der Waals surface area contributed by atoms with Gasteiger partial charge in [0, 0.05) is 23.3 Å². The minimum atomic E-state index is 0.517. The molecule has 0 N–H and O–H groups in total. The van der Waals surface area contributed by atoms with Crippen molar-refractivity contribution in [1.82, 2.24) is 4.98 Å². The Labute approximate surface area is 92.1 Å². The Hall–Kier alpha value is -0.0900. The smallest absolute Gasteiger partial charge is 0.185 e. The van der Waals surface area contributed by atoms with Gasteiger partial charge in [0.1, 0.15) is 0 Å². The zero-order chi connectivity index (χ0) is 9.84. The summed E-state index contributed by atoms with van der Waals surface area (Å²) in [6.07, 6.45) is 0. The van der Waals surface area contributed by atoms with Crippen LogP contribution in [-0.4, -0.2) is 22.9 Å². The van der Waals surface area contributed by atoms with Gasteiger partial charge in [0.2, 0.25) is 0 Å². The van der Waals surface area contributed by atoms with E-state index in [0.29, 0.717) is 6.04 Å². The van der Waals surface area contributed by atoms with Crippen molar-refractivity contribution in [2.75, 3.05) is 16.8 Å². The molecule has 74 valence electrons. The van der Waals surface area contributed by atoms with Crippen LogP contribution < -0.4 is 4.90 Å². The molecule has 0 atom stereocenters. The molecular formula is C9H15BrN2S. The van der Waals surface area contributed by atoms with E-state index in [0.717, 1.165) is 22.7 Å². The summed E-state index contributed by atoms with van der Waals surface area (Å²) in [5.74, 6) is 0. The summed E-state index contributed by atoms with van der Waals surface area (Å²) in [4.78, 5) is 6.79. The van der Waals surface area contributed by atoms with Crippen molar-refractivity contribution in [3.63, 3.8) is 0 Å². The molecule has 0 amide bonds. The first kappa shape index (κ1) is 11.0. The maximum absolute atomic E-state index is 4.47. The van der Waals surface area contributed by atoms with E-state index < -0.39 is 0 Å². The maximum atomic E-state index is 4.47. The minimum absolute atomic E-state index is 0.517. The van der Waals surface area contributed by atoms with Crippen molar-refractivity contribution in [1.29, 1.82) is 0 Å². The highest BCUT2D eigenvalue weighted by atomic mass is 79.9. The summed E-state index contributed by atoms with van der Waals surface area (Å²) in [6.45, 7) is 7.44. The second kappa shape index (κ2) is 4.96. The van der Waals surface area contributed by atoms with Crippen molar-refractivity contribution >= 4 is 32.4 Å². The first-order chi connectivity index (χ1) is 6.15. The molecule has 0 aliphatic heterocycles. The second-order valence-electron chi connectivity index (χ2n) is 3.25. The van der Waals surface area contributed by atoms with E-state index in [9.17, 15) is 0 Å². The second-order valence-corrected chi connectivity index (χ2v) is 4.88. The SMILES string of the molecule is Cc1csc(N(CCBr)C(C)C)n1. The van der Waals surface area contributed by atoms with Gasteiger partial charge in [0.15, 0.2) is 5.13 Å². The van der Waals surface area contributed by atoms with Gasteiger partial charge in [0.05, 0.1) is 5.69 Å². The van der Waals surface area contributed by atoms with Crippen LogP contribution in [0.2, 0.25) is 0 Å². The lowest BCUT2D eigenvalue weighted by molar-refractivity contribution is 0.705. The van der Waals surface area contributed by atoms with Crippen molar-refractivity contribution in [2.45, 2.75) is 26.8 Å². The van der Waals surface area contributed by atoms with Gasteiger partial charge in [-0.15, -0.1) is 11.3 Å². The van der Waals surface area contributed by atoms with Crippen molar-refractivity contribution in [3.05, 3.63) is 11.1 Å². The number of anilines is 1. The van der Waals surface area contributed by atoms with Gasteiger partial charge in [-0.25, -0.2) is 4.98 Å².